The molecule has 2 aromatic rings. The minimum absolute atomic E-state index is 0.0780. The van der Waals surface area contributed by atoms with E-state index in [1.807, 2.05) is 32.3 Å². The summed E-state index contributed by atoms with van der Waals surface area (Å²) in [5, 5.41) is 3.07. The van der Waals surface area contributed by atoms with Gasteiger partial charge in [-0.25, -0.2) is 4.39 Å². The lowest BCUT2D eigenvalue weighted by atomic mass is 9.88. The first kappa shape index (κ1) is 22.2. The van der Waals surface area contributed by atoms with Crippen LogP contribution in [-0.2, 0) is 11.3 Å². The predicted molar refractivity (Wildman–Crippen MR) is 117 cm³/mol. The summed E-state index contributed by atoms with van der Waals surface area (Å²) in [6.07, 6.45) is 0.772. The Balaban J connectivity index is 1.62. The monoisotopic (exact) mass is 413 g/mol. The molecule has 1 amide bonds. The maximum absolute atomic E-state index is 13.4. The topological polar surface area (TPSA) is 44.8 Å². The van der Waals surface area contributed by atoms with Gasteiger partial charge < -0.3 is 15.0 Å². The van der Waals surface area contributed by atoms with E-state index in [0.29, 0.717) is 18.9 Å². The number of nitrogens with one attached hydrogen (secondary N) is 1. The average Bonchev–Trinajstić information content (AvgIpc) is 2.72. The van der Waals surface area contributed by atoms with Gasteiger partial charge in [0, 0.05) is 44.7 Å². The van der Waals surface area contributed by atoms with E-state index in [1.165, 1.54) is 17.7 Å². The molecule has 0 aliphatic carbocycles. The predicted octanol–water partition coefficient (Wildman–Crippen LogP) is 3.02. The molecule has 162 valence electrons. The molecule has 5 nitrogen and oxygen atoms in total. The number of piperidine rings is 1. The second kappa shape index (κ2) is 11.1. The molecule has 0 aromatic heterocycles. The molecule has 3 rings (SSSR count). The molecule has 2 atom stereocenters. The summed E-state index contributed by atoms with van der Waals surface area (Å²) in [6.45, 7) is 4.32. The zero-order chi connectivity index (χ0) is 21.3. The van der Waals surface area contributed by atoms with E-state index in [4.69, 9.17) is 4.74 Å². The summed E-state index contributed by atoms with van der Waals surface area (Å²) in [4.78, 5) is 17.2. The normalized spacial score (nSPS) is 19.6. The molecule has 1 heterocycles. The third-order valence-corrected chi connectivity index (χ3v) is 5.37. The number of ether oxygens (including phenoxy) is 1. The maximum atomic E-state index is 13.4. The van der Waals surface area contributed by atoms with Crippen LogP contribution in [0.2, 0.25) is 0 Å². The third kappa shape index (κ3) is 7.11. The van der Waals surface area contributed by atoms with Crippen molar-refractivity contribution in [1.29, 1.82) is 0 Å². The number of carbonyl (C=O) groups is 1. The van der Waals surface area contributed by atoms with E-state index in [9.17, 15) is 9.18 Å². The van der Waals surface area contributed by atoms with Gasteiger partial charge in [-0.15, -0.1) is 0 Å². The van der Waals surface area contributed by atoms with Crippen molar-refractivity contribution in [3.05, 3.63) is 66.0 Å². The minimum Gasteiger partial charge on any atom is -0.493 e. The number of hydrogen-bond acceptors (Lipinski definition) is 4. The Morgan fingerprint density at radius 3 is 2.70 bits per heavy atom. The molecule has 0 unspecified atom stereocenters. The molecular formula is C24H32FN3O2. The van der Waals surface area contributed by atoms with Gasteiger partial charge >= 0.3 is 0 Å². The lowest BCUT2D eigenvalue weighted by molar-refractivity contribution is -0.127. The van der Waals surface area contributed by atoms with E-state index < -0.39 is 0 Å². The number of carbonyl (C=O) groups excluding carboxylic acids is 1. The van der Waals surface area contributed by atoms with Crippen LogP contribution in [0, 0.1) is 17.7 Å². The molecule has 6 heteroatoms. The van der Waals surface area contributed by atoms with Crippen molar-refractivity contribution in [3.63, 3.8) is 0 Å². The van der Waals surface area contributed by atoms with Crippen LogP contribution in [0.5, 0.6) is 5.75 Å². The van der Waals surface area contributed by atoms with E-state index >= 15 is 0 Å². The fraction of sp³-hybridized carbons (Fsp3) is 0.458. The number of hydrogen-bond donors (Lipinski definition) is 1. The van der Waals surface area contributed by atoms with Crippen LogP contribution in [0.25, 0.3) is 0 Å². The highest BCUT2D eigenvalue weighted by Gasteiger charge is 2.32. The van der Waals surface area contributed by atoms with Gasteiger partial charge in [0.25, 0.3) is 0 Å². The number of halogens is 1. The van der Waals surface area contributed by atoms with Gasteiger partial charge in [0.1, 0.15) is 11.6 Å². The van der Waals surface area contributed by atoms with Crippen LogP contribution in [0.1, 0.15) is 12.0 Å². The Morgan fingerprint density at radius 1 is 1.17 bits per heavy atom. The Morgan fingerprint density at radius 2 is 1.97 bits per heavy atom. The molecule has 1 aliphatic rings. The van der Waals surface area contributed by atoms with Crippen molar-refractivity contribution in [2.45, 2.75) is 13.0 Å². The van der Waals surface area contributed by atoms with Gasteiger partial charge in [-0.3, -0.25) is 9.69 Å². The number of nitrogens with zero attached hydrogens (tertiary/aromatic N) is 2. The highest BCUT2D eigenvalue weighted by Crippen LogP contribution is 2.25. The number of likely N-dealkylation sites (tertiary alicyclic amines) is 1. The van der Waals surface area contributed by atoms with Crippen LogP contribution in [0.4, 0.5) is 4.39 Å². The van der Waals surface area contributed by atoms with Gasteiger partial charge in [0.05, 0.1) is 12.5 Å². The van der Waals surface area contributed by atoms with Crippen LogP contribution in [-0.4, -0.2) is 62.6 Å². The van der Waals surface area contributed by atoms with Gasteiger partial charge in [0.15, 0.2) is 0 Å². The Kier molecular flexibility index (Phi) is 8.22. The van der Waals surface area contributed by atoms with Crippen molar-refractivity contribution in [1.82, 2.24) is 15.1 Å². The summed E-state index contributed by atoms with van der Waals surface area (Å²) in [5.74, 6) is 0.452. The van der Waals surface area contributed by atoms with Crippen molar-refractivity contribution >= 4 is 5.91 Å². The highest BCUT2D eigenvalue weighted by molar-refractivity contribution is 5.79. The molecule has 1 N–H and O–H groups in total. The molecular weight excluding hydrogens is 381 g/mol. The van der Waals surface area contributed by atoms with Crippen LogP contribution >= 0.6 is 0 Å². The van der Waals surface area contributed by atoms with E-state index in [2.05, 4.69) is 27.2 Å². The van der Waals surface area contributed by atoms with E-state index in [-0.39, 0.29) is 23.6 Å². The zero-order valence-electron chi connectivity index (χ0n) is 17.9. The molecule has 1 aliphatic heterocycles. The van der Waals surface area contributed by atoms with Gasteiger partial charge in [-0.2, -0.15) is 0 Å². The molecule has 2 aromatic carbocycles. The Bertz CT molecular complexity index is 800. The largest absolute Gasteiger partial charge is 0.493 e. The van der Waals surface area contributed by atoms with Gasteiger partial charge in [-0.05, 0) is 38.2 Å². The van der Waals surface area contributed by atoms with Crippen LogP contribution in [0.15, 0.2) is 54.6 Å². The molecule has 30 heavy (non-hydrogen) atoms. The molecule has 0 spiro atoms. The van der Waals surface area contributed by atoms with Crippen molar-refractivity contribution < 1.29 is 13.9 Å². The standard InChI is InChI=1S/C24H32FN3O2/c1-27(2)12-11-26-24(29)21-13-20(18-30-23-10-6-9-22(25)14-23)16-28(17-21)15-19-7-4-3-5-8-19/h3-10,14,20-21H,11-13,15-18H2,1-2H3,(H,26,29)/t20-,21+/m0/s1. The summed E-state index contributed by atoms with van der Waals surface area (Å²) in [5.41, 5.74) is 1.23. The van der Waals surface area contributed by atoms with Crippen molar-refractivity contribution in [3.8, 4) is 5.75 Å². The summed E-state index contributed by atoms with van der Waals surface area (Å²) in [7, 11) is 3.99. The highest BCUT2D eigenvalue weighted by atomic mass is 19.1. The molecule has 0 saturated carbocycles. The van der Waals surface area contributed by atoms with Crippen LogP contribution in [0.3, 0.4) is 0 Å². The van der Waals surface area contributed by atoms with Gasteiger partial charge in [0.2, 0.25) is 5.91 Å². The summed E-state index contributed by atoms with van der Waals surface area (Å²) in [6, 6.07) is 16.5. The molecule has 0 radical (unpaired) electrons. The maximum Gasteiger partial charge on any atom is 0.224 e. The van der Waals surface area contributed by atoms with Crippen molar-refractivity contribution in [2.24, 2.45) is 11.8 Å². The Labute approximate surface area is 178 Å². The first-order valence-corrected chi connectivity index (χ1v) is 10.6. The van der Waals surface area contributed by atoms with Gasteiger partial charge in [-0.1, -0.05) is 36.4 Å². The lowest BCUT2D eigenvalue weighted by Crippen LogP contribution is -2.48. The fourth-order valence-electron chi connectivity index (χ4n) is 3.90. The molecule has 1 saturated heterocycles. The summed E-state index contributed by atoms with van der Waals surface area (Å²) >= 11 is 0. The van der Waals surface area contributed by atoms with Crippen molar-refractivity contribution in [2.75, 3.05) is 46.9 Å². The number of benzene rings is 2. The lowest BCUT2D eigenvalue weighted by Gasteiger charge is -2.37. The SMILES string of the molecule is CN(C)CCNC(=O)[C@@H]1C[C@H](COc2cccc(F)c2)CN(Cc2ccccc2)C1. The molecule has 0 bridgehead atoms. The second-order valence-corrected chi connectivity index (χ2v) is 8.34. The first-order chi connectivity index (χ1) is 14.5. The smallest absolute Gasteiger partial charge is 0.224 e. The summed E-state index contributed by atoms with van der Waals surface area (Å²) < 4.78 is 19.3. The Hall–Kier alpha value is -2.44. The fourth-order valence-corrected chi connectivity index (χ4v) is 3.90. The number of likely N-dealkylation sites (N-methyl/N-ethyl adjacent to an activating group) is 1. The quantitative estimate of drug-likeness (QED) is 0.686. The number of rotatable bonds is 9. The first-order valence-electron chi connectivity index (χ1n) is 10.6. The van der Waals surface area contributed by atoms with E-state index in [1.54, 1.807) is 12.1 Å². The minimum atomic E-state index is -0.306. The van der Waals surface area contributed by atoms with Crippen LogP contribution < -0.4 is 10.1 Å². The number of amides is 1. The second-order valence-electron chi connectivity index (χ2n) is 8.34. The zero-order valence-corrected chi connectivity index (χ0v) is 17.9. The molecule has 1 fully saturated rings. The van der Waals surface area contributed by atoms with E-state index in [0.717, 1.165) is 32.6 Å². The third-order valence-electron chi connectivity index (χ3n) is 5.37. The average molecular weight is 414 g/mol.